The molecular weight excluding hydrogens is 276 g/mol. The first-order valence-electron chi connectivity index (χ1n) is 7.59. The lowest BCUT2D eigenvalue weighted by Crippen LogP contribution is -2.33. The van der Waals surface area contributed by atoms with E-state index < -0.39 is 0 Å². The van der Waals surface area contributed by atoms with Crippen LogP contribution in [0.1, 0.15) is 29.2 Å². The van der Waals surface area contributed by atoms with E-state index in [0.717, 1.165) is 5.75 Å². The van der Waals surface area contributed by atoms with Crippen LogP contribution in [0.15, 0.2) is 47.5 Å². The summed E-state index contributed by atoms with van der Waals surface area (Å²) in [7, 11) is 2.07. The number of rotatable bonds is 5. The summed E-state index contributed by atoms with van der Waals surface area (Å²) in [6.07, 6.45) is 4.31. The van der Waals surface area contributed by atoms with Gasteiger partial charge in [-0.2, -0.15) is 0 Å². The largest absolute Gasteiger partial charge is 0.315 e. The predicted octanol–water partition coefficient (Wildman–Crippen LogP) is 3.80. The minimum absolute atomic E-state index is 0.478. The summed E-state index contributed by atoms with van der Waals surface area (Å²) in [5.74, 6) is 1.63. The number of hydrogen-bond acceptors (Lipinski definition) is 3. The van der Waals surface area contributed by atoms with Crippen molar-refractivity contribution >= 4 is 11.8 Å². The van der Waals surface area contributed by atoms with Crippen LogP contribution in [0.3, 0.4) is 0 Å². The Morgan fingerprint density at radius 2 is 2.14 bits per heavy atom. The second kappa shape index (κ2) is 6.63. The molecular formula is C18H22N2S. The van der Waals surface area contributed by atoms with E-state index in [0.29, 0.717) is 12.0 Å². The van der Waals surface area contributed by atoms with E-state index in [1.54, 1.807) is 0 Å². The van der Waals surface area contributed by atoms with Gasteiger partial charge in [0, 0.05) is 34.5 Å². The summed E-state index contributed by atoms with van der Waals surface area (Å²) in [6.45, 7) is 2.18. The van der Waals surface area contributed by atoms with E-state index in [1.165, 1.54) is 34.6 Å². The molecule has 0 saturated heterocycles. The van der Waals surface area contributed by atoms with Gasteiger partial charge in [0.05, 0.1) is 0 Å². The highest BCUT2D eigenvalue weighted by molar-refractivity contribution is 7.99. The number of benzene rings is 1. The molecule has 0 amide bonds. The average molecular weight is 298 g/mol. The third kappa shape index (κ3) is 3.14. The van der Waals surface area contributed by atoms with Gasteiger partial charge in [0.25, 0.3) is 0 Å². The molecule has 1 aromatic carbocycles. The molecule has 2 unspecified atom stereocenters. The van der Waals surface area contributed by atoms with Crippen LogP contribution in [0, 0.1) is 6.92 Å². The van der Waals surface area contributed by atoms with Gasteiger partial charge in [-0.3, -0.25) is 4.98 Å². The summed E-state index contributed by atoms with van der Waals surface area (Å²) < 4.78 is 0. The quantitative estimate of drug-likeness (QED) is 0.850. The molecule has 21 heavy (non-hydrogen) atoms. The van der Waals surface area contributed by atoms with Gasteiger partial charge in [-0.25, -0.2) is 0 Å². The maximum absolute atomic E-state index is 4.63. The van der Waals surface area contributed by atoms with E-state index >= 15 is 0 Å². The first-order valence-corrected chi connectivity index (χ1v) is 8.57. The van der Waals surface area contributed by atoms with Gasteiger partial charge in [0.15, 0.2) is 0 Å². The highest BCUT2D eigenvalue weighted by Crippen LogP contribution is 2.35. The molecule has 1 aliphatic carbocycles. The van der Waals surface area contributed by atoms with E-state index in [2.05, 4.69) is 60.7 Å². The first-order chi connectivity index (χ1) is 10.3. The van der Waals surface area contributed by atoms with Crippen molar-refractivity contribution in [1.29, 1.82) is 0 Å². The first kappa shape index (κ1) is 14.6. The highest BCUT2D eigenvalue weighted by atomic mass is 32.2. The fraction of sp³-hybridized carbons (Fsp3) is 0.389. The number of pyridine rings is 1. The zero-order valence-electron chi connectivity index (χ0n) is 12.7. The zero-order chi connectivity index (χ0) is 14.7. The van der Waals surface area contributed by atoms with E-state index in [-0.39, 0.29) is 0 Å². The van der Waals surface area contributed by atoms with E-state index in [9.17, 15) is 0 Å². The molecule has 0 spiro atoms. The van der Waals surface area contributed by atoms with Gasteiger partial charge in [-0.05, 0) is 50.1 Å². The second-order valence-electron chi connectivity index (χ2n) is 5.66. The molecule has 1 aromatic heterocycles. The maximum Gasteiger partial charge on any atom is 0.0482 e. The van der Waals surface area contributed by atoms with E-state index in [1.807, 2.05) is 18.0 Å². The summed E-state index contributed by atoms with van der Waals surface area (Å²) in [5.41, 5.74) is 4.10. The van der Waals surface area contributed by atoms with Crippen LogP contribution < -0.4 is 5.32 Å². The minimum Gasteiger partial charge on any atom is -0.315 e. The Labute approximate surface area is 131 Å². The van der Waals surface area contributed by atoms with Crippen molar-refractivity contribution in [3.05, 3.63) is 59.4 Å². The smallest absolute Gasteiger partial charge is 0.0482 e. The SMILES string of the molecule is CNC(CSc1ccccc1C)C1CCc2cccnc21. The van der Waals surface area contributed by atoms with Crippen LogP contribution in [0.4, 0.5) is 0 Å². The fourth-order valence-electron chi connectivity index (χ4n) is 3.13. The number of nitrogens with zero attached hydrogens (tertiary/aromatic N) is 1. The number of aromatic nitrogens is 1. The predicted molar refractivity (Wildman–Crippen MR) is 90.0 cm³/mol. The van der Waals surface area contributed by atoms with Crippen LogP contribution in [-0.2, 0) is 6.42 Å². The van der Waals surface area contributed by atoms with Crippen LogP contribution >= 0.6 is 11.8 Å². The molecule has 1 aliphatic rings. The Hall–Kier alpha value is -1.32. The van der Waals surface area contributed by atoms with Crippen LogP contribution in [0.2, 0.25) is 0 Å². The van der Waals surface area contributed by atoms with Gasteiger partial charge in [-0.1, -0.05) is 24.3 Å². The van der Waals surface area contributed by atoms with Crippen LogP contribution in [0.25, 0.3) is 0 Å². The number of thioether (sulfide) groups is 1. The normalized spacial score (nSPS) is 18.5. The molecule has 3 heteroatoms. The maximum atomic E-state index is 4.63. The Morgan fingerprint density at radius 1 is 1.29 bits per heavy atom. The van der Waals surface area contributed by atoms with Crippen molar-refractivity contribution in [3.8, 4) is 0 Å². The zero-order valence-corrected chi connectivity index (χ0v) is 13.5. The molecule has 110 valence electrons. The number of hydrogen-bond donors (Lipinski definition) is 1. The average Bonchev–Trinajstić information content (AvgIpc) is 2.94. The summed E-state index contributed by atoms with van der Waals surface area (Å²) >= 11 is 1.95. The third-order valence-electron chi connectivity index (χ3n) is 4.37. The minimum atomic E-state index is 0.478. The van der Waals surface area contributed by atoms with Gasteiger partial charge < -0.3 is 5.32 Å². The standard InChI is InChI=1S/C18H22N2S/c1-13-6-3-4-8-17(13)21-12-16(19-2)15-10-9-14-7-5-11-20-18(14)15/h3-8,11,15-16,19H,9-10,12H2,1-2H3. The van der Waals surface area contributed by atoms with Gasteiger partial charge in [0.1, 0.15) is 0 Å². The van der Waals surface area contributed by atoms with Crippen molar-refractivity contribution in [1.82, 2.24) is 10.3 Å². The second-order valence-corrected chi connectivity index (χ2v) is 6.73. The molecule has 3 rings (SSSR count). The molecule has 0 bridgehead atoms. The molecule has 0 aliphatic heterocycles. The Kier molecular flexibility index (Phi) is 4.61. The summed E-state index contributed by atoms with van der Waals surface area (Å²) in [6, 6.07) is 13.4. The van der Waals surface area contributed by atoms with E-state index in [4.69, 9.17) is 0 Å². The monoisotopic (exact) mass is 298 g/mol. The molecule has 0 radical (unpaired) electrons. The van der Waals surface area contributed by atoms with Gasteiger partial charge in [-0.15, -0.1) is 11.8 Å². The molecule has 2 aromatic rings. The molecule has 2 nitrogen and oxygen atoms in total. The number of fused-ring (bicyclic) bond motifs is 1. The van der Waals surface area contributed by atoms with Crippen molar-refractivity contribution < 1.29 is 0 Å². The van der Waals surface area contributed by atoms with Gasteiger partial charge >= 0.3 is 0 Å². The Morgan fingerprint density at radius 3 is 2.95 bits per heavy atom. The lowest BCUT2D eigenvalue weighted by molar-refractivity contribution is 0.491. The molecule has 0 saturated carbocycles. The molecule has 0 fully saturated rings. The van der Waals surface area contributed by atoms with Crippen molar-refractivity contribution in [3.63, 3.8) is 0 Å². The van der Waals surface area contributed by atoms with Crippen molar-refractivity contribution in [2.45, 2.75) is 36.6 Å². The topological polar surface area (TPSA) is 24.9 Å². The number of likely N-dealkylation sites (N-methyl/N-ethyl adjacent to an activating group) is 1. The third-order valence-corrected chi connectivity index (χ3v) is 5.67. The lowest BCUT2D eigenvalue weighted by Gasteiger charge is -2.23. The molecule has 1 N–H and O–H groups in total. The fourth-order valence-corrected chi connectivity index (χ4v) is 4.36. The van der Waals surface area contributed by atoms with Crippen molar-refractivity contribution in [2.75, 3.05) is 12.8 Å². The molecule has 2 atom stereocenters. The summed E-state index contributed by atoms with van der Waals surface area (Å²) in [5, 5.41) is 3.51. The Balaban J connectivity index is 1.71. The Bertz CT molecular complexity index is 612. The highest BCUT2D eigenvalue weighted by Gasteiger charge is 2.30. The van der Waals surface area contributed by atoms with Gasteiger partial charge in [0.2, 0.25) is 0 Å². The van der Waals surface area contributed by atoms with Crippen LogP contribution in [-0.4, -0.2) is 23.8 Å². The van der Waals surface area contributed by atoms with Crippen molar-refractivity contribution in [2.24, 2.45) is 0 Å². The van der Waals surface area contributed by atoms with Crippen LogP contribution in [0.5, 0.6) is 0 Å². The lowest BCUT2D eigenvalue weighted by atomic mass is 9.98. The summed E-state index contributed by atoms with van der Waals surface area (Å²) in [4.78, 5) is 6.02. The number of aryl methyl sites for hydroxylation is 2. The molecule has 1 heterocycles. The number of nitrogens with one attached hydrogen (secondary N) is 1.